The van der Waals surface area contributed by atoms with Gasteiger partial charge in [0.2, 0.25) is 5.75 Å². The summed E-state index contributed by atoms with van der Waals surface area (Å²) in [7, 11) is 4.25. The van der Waals surface area contributed by atoms with Crippen LogP contribution in [0.3, 0.4) is 0 Å². The van der Waals surface area contributed by atoms with Crippen LogP contribution in [0.2, 0.25) is 0 Å². The van der Waals surface area contributed by atoms with Gasteiger partial charge in [-0.05, 0) is 6.92 Å². The van der Waals surface area contributed by atoms with Gasteiger partial charge in [-0.15, -0.1) is 0 Å². The molecular weight excluding hydrogens is 279 g/mol. The van der Waals surface area contributed by atoms with Crippen molar-refractivity contribution in [3.8, 4) is 11.5 Å². The topological polar surface area (TPSA) is 71.8 Å². The van der Waals surface area contributed by atoms with Crippen molar-refractivity contribution in [1.29, 1.82) is 0 Å². The lowest BCUT2D eigenvalue weighted by Gasteiger charge is -2.20. The minimum atomic E-state index is -2.93. The summed E-state index contributed by atoms with van der Waals surface area (Å²) in [6.07, 6.45) is 1.33. The Bertz CT molecular complexity index is 518. The fraction of sp³-hybridized carbons (Fsp3) is 0.556. The van der Waals surface area contributed by atoms with Crippen LogP contribution in [-0.2, 0) is 27.9 Å². The third-order valence-electron chi connectivity index (χ3n) is 1.99. The molecule has 1 rings (SSSR count). The molecule has 0 aliphatic rings. The standard InChI is InChI=1S/C9H15N2O5PS/c1-5-15-17(18,14-4)16-7-6-10-11(2)9(12)8(7)13-3/h6H,5H2,1-4H3. The Morgan fingerprint density at radius 1 is 1.50 bits per heavy atom. The molecule has 0 aliphatic heterocycles. The summed E-state index contributed by atoms with van der Waals surface area (Å²) in [5.41, 5.74) is -0.427. The first-order valence-corrected chi connectivity index (χ1v) is 7.63. The van der Waals surface area contributed by atoms with Crippen molar-refractivity contribution in [2.24, 2.45) is 7.05 Å². The Hall–Kier alpha value is -0.950. The van der Waals surface area contributed by atoms with E-state index in [1.807, 2.05) is 0 Å². The Labute approximate surface area is 110 Å². The smallest absolute Gasteiger partial charge is 0.380 e. The first-order valence-electron chi connectivity index (χ1n) is 5.07. The monoisotopic (exact) mass is 294 g/mol. The van der Waals surface area contributed by atoms with Gasteiger partial charge in [0.25, 0.3) is 0 Å². The molecule has 1 atom stereocenters. The second-order valence-corrected chi connectivity index (χ2v) is 6.15. The highest BCUT2D eigenvalue weighted by Gasteiger charge is 2.24. The predicted molar refractivity (Wildman–Crippen MR) is 69.6 cm³/mol. The highest BCUT2D eigenvalue weighted by molar-refractivity contribution is 8.07. The summed E-state index contributed by atoms with van der Waals surface area (Å²) in [5.74, 6) is 0.123. The molecule has 0 fully saturated rings. The molecule has 18 heavy (non-hydrogen) atoms. The molecule has 1 heterocycles. The summed E-state index contributed by atoms with van der Waals surface area (Å²) >= 11 is 5.12. The molecule has 9 heteroatoms. The summed E-state index contributed by atoms with van der Waals surface area (Å²) < 4.78 is 21.8. The van der Waals surface area contributed by atoms with Gasteiger partial charge in [0.05, 0.1) is 19.9 Å². The van der Waals surface area contributed by atoms with Crippen molar-refractivity contribution in [3.05, 3.63) is 16.6 Å². The van der Waals surface area contributed by atoms with Gasteiger partial charge in [-0.25, -0.2) is 4.68 Å². The lowest BCUT2D eigenvalue weighted by molar-refractivity contribution is 0.238. The van der Waals surface area contributed by atoms with E-state index in [4.69, 9.17) is 30.1 Å². The quantitative estimate of drug-likeness (QED) is 0.727. The molecule has 0 amide bonds. The van der Waals surface area contributed by atoms with Gasteiger partial charge in [-0.3, -0.25) is 9.32 Å². The van der Waals surface area contributed by atoms with E-state index in [1.54, 1.807) is 6.92 Å². The molecule has 1 aromatic rings. The zero-order valence-corrected chi connectivity index (χ0v) is 12.3. The minimum absolute atomic E-state index is 0.0125. The van der Waals surface area contributed by atoms with Crippen molar-refractivity contribution in [3.63, 3.8) is 0 Å². The zero-order chi connectivity index (χ0) is 13.8. The number of ether oxygens (including phenoxy) is 1. The number of aromatic nitrogens is 2. The number of hydrogen-bond acceptors (Lipinski definition) is 7. The van der Waals surface area contributed by atoms with E-state index in [0.29, 0.717) is 6.61 Å². The molecule has 0 aliphatic carbocycles. The van der Waals surface area contributed by atoms with Gasteiger partial charge >= 0.3 is 12.3 Å². The van der Waals surface area contributed by atoms with E-state index in [2.05, 4.69) is 5.10 Å². The normalized spacial score (nSPS) is 14.0. The summed E-state index contributed by atoms with van der Waals surface area (Å²) in [4.78, 5) is 11.7. The lowest BCUT2D eigenvalue weighted by atomic mass is 10.5. The van der Waals surface area contributed by atoms with Gasteiger partial charge in [0, 0.05) is 26.0 Å². The molecule has 0 radical (unpaired) electrons. The molecule has 0 saturated heterocycles. The third-order valence-corrected chi connectivity index (χ3v) is 4.41. The van der Waals surface area contributed by atoms with Gasteiger partial charge in [-0.1, -0.05) is 0 Å². The van der Waals surface area contributed by atoms with Gasteiger partial charge < -0.3 is 13.8 Å². The fourth-order valence-corrected chi connectivity index (χ4v) is 2.63. The maximum atomic E-state index is 11.7. The molecule has 102 valence electrons. The molecule has 0 N–H and O–H groups in total. The Morgan fingerprint density at radius 2 is 2.17 bits per heavy atom. The molecule has 1 unspecified atom stereocenters. The summed E-state index contributed by atoms with van der Waals surface area (Å²) in [6.45, 7) is -0.826. The number of rotatable bonds is 6. The Morgan fingerprint density at radius 3 is 2.67 bits per heavy atom. The van der Waals surface area contributed by atoms with Crippen LogP contribution in [0.4, 0.5) is 0 Å². The average molecular weight is 294 g/mol. The number of methoxy groups -OCH3 is 1. The predicted octanol–water partition coefficient (Wildman–Crippen LogP) is 1.08. The first kappa shape index (κ1) is 15.1. The number of aryl methyl sites for hydroxylation is 1. The molecular formula is C9H15N2O5PS. The van der Waals surface area contributed by atoms with Crippen molar-refractivity contribution in [2.75, 3.05) is 20.8 Å². The minimum Gasteiger partial charge on any atom is -0.488 e. The average Bonchev–Trinajstić information content (AvgIpc) is 2.35. The summed E-state index contributed by atoms with van der Waals surface area (Å²) in [6, 6.07) is 0. The van der Waals surface area contributed by atoms with E-state index in [-0.39, 0.29) is 11.5 Å². The van der Waals surface area contributed by atoms with E-state index in [0.717, 1.165) is 4.68 Å². The SMILES string of the molecule is CCOP(=S)(OC)Oc1cnn(C)c(=O)c1OC. The van der Waals surface area contributed by atoms with Crippen molar-refractivity contribution >= 4 is 18.5 Å². The van der Waals surface area contributed by atoms with Crippen molar-refractivity contribution in [1.82, 2.24) is 9.78 Å². The Kier molecular flexibility index (Phi) is 5.28. The van der Waals surface area contributed by atoms with Gasteiger partial charge in [0.1, 0.15) is 0 Å². The largest absolute Gasteiger partial charge is 0.488 e. The fourth-order valence-electron chi connectivity index (χ4n) is 1.15. The highest BCUT2D eigenvalue weighted by Crippen LogP contribution is 2.50. The Balaban J connectivity index is 3.15. The molecule has 0 saturated carbocycles. The molecule has 0 bridgehead atoms. The third kappa shape index (κ3) is 3.29. The van der Waals surface area contributed by atoms with Crippen LogP contribution in [0.5, 0.6) is 11.5 Å². The van der Waals surface area contributed by atoms with Crippen LogP contribution in [0.15, 0.2) is 11.0 Å². The maximum Gasteiger partial charge on any atom is 0.380 e. The van der Waals surface area contributed by atoms with Gasteiger partial charge in [0.15, 0.2) is 5.75 Å². The number of hydrogen-bond donors (Lipinski definition) is 0. The lowest BCUT2D eigenvalue weighted by Crippen LogP contribution is -2.21. The van der Waals surface area contributed by atoms with Crippen LogP contribution < -0.4 is 14.8 Å². The van der Waals surface area contributed by atoms with Crippen molar-refractivity contribution in [2.45, 2.75) is 6.92 Å². The van der Waals surface area contributed by atoms with Gasteiger partial charge in [-0.2, -0.15) is 5.10 Å². The summed E-state index contributed by atoms with van der Waals surface area (Å²) in [5, 5.41) is 3.83. The highest BCUT2D eigenvalue weighted by atomic mass is 32.5. The zero-order valence-electron chi connectivity index (χ0n) is 10.6. The molecule has 1 aromatic heterocycles. The van der Waals surface area contributed by atoms with Crippen molar-refractivity contribution < 1.29 is 18.3 Å². The van der Waals surface area contributed by atoms with Crippen LogP contribution in [0.25, 0.3) is 0 Å². The number of nitrogens with zero attached hydrogens (tertiary/aromatic N) is 2. The van der Waals surface area contributed by atoms with E-state index in [9.17, 15) is 4.79 Å². The van der Waals surface area contributed by atoms with E-state index in [1.165, 1.54) is 27.5 Å². The second-order valence-electron chi connectivity index (χ2n) is 3.11. The van der Waals surface area contributed by atoms with Crippen LogP contribution in [0.1, 0.15) is 6.92 Å². The van der Waals surface area contributed by atoms with Crippen LogP contribution in [0, 0.1) is 0 Å². The van der Waals surface area contributed by atoms with Crippen LogP contribution in [-0.4, -0.2) is 30.6 Å². The van der Waals surface area contributed by atoms with Crippen LogP contribution >= 0.6 is 6.72 Å². The molecule has 0 spiro atoms. The van der Waals surface area contributed by atoms with E-state index >= 15 is 0 Å². The first-order chi connectivity index (χ1) is 8.47. The maximum absolute atomic E-state index is 11.7. The molecule has 0 aromatic carbocycles. The molecule has 7 nitrogen and oxygen atoms in total. The second kappa shape index (κ2) is 6.29. The van der Waals surface area contributed by atoms with E-state index < -0.39 is 12.3 Å².